The molecule has 30 heavy (non-hydrogen) atoms. The molecule has 0 aliphatic rings. The highest BCUT2D eigenvalue weighted by Gasteiger charge is 2.30. The van der Waals surface area contributed by atoms with Crippen LogP contribution in [0.1, 0.15) is 22.5 Å². The number of halogens is 5. The molecule has 2 N–H and O–H groups in total. The Bertz CT molecular complexity index is 1070. The molecular formula is C20H17ClF4N4O. The SMILES string of the molecule is Cc1nn(Cc2c(F)cccc2Cl)c(C)c1NC(=O)Nc1cccc(C(F)(F)F)c1. The molecule has 10 heteroatoms. The molecule has 0 atom stereocenters. The van der Waals surface area contributed by atoms with Crippen LogP contribution in [-0.2, 0) is 12.7 Å². The number of urea groups is 1. The number of alkyl halides is 3. The van der Waals surface area contributed by atoms with E-state index in [0.717, 1.165) is 12.1 Å². The Morgan fingerprint density at radius 1 is 1.13 bits per heavy atom. The van der Waals surface area contributed by atoms with Gasteiger partial charge in [-0.25, -0.2) is 9.18 Å². The lowest BCUT2D eigenvalue weighted by Gasteiger charge is -2.11. The number of aryl methyl sites for hydroxylation is 1. The Hall–Kier alpha value is -3.07. The lowest BCUT2D eigenvalue weighted by Crippen LogP contribution is -2.20. The largest absolute Gasteiger partial charge is 0.416 e. The second-order valence-electron chi connectivity index (χ2n) is 6.56. The van der Waals surface area contributed by atoms with E-state index in [9.17, 15) is 22.4 Å². The van der Waals surface area contributed by atoms with Gasteiger partial charge in [-0.2, -0.15) is 18.3 Å². The average Bonchev–Trinajstić information content (AvgIpc) is 2.92. The van der Waals surface area contributed by atoms with E-state index >= 15 is 0 Å². The van der Waals surface area contributed by atoms with E-state index in [4.69, 9.17) is 11.6 Å². The molecule has 1 heterocycles. The van der Waals surface area contributed by atoms with Crippen LogP contribution < -0.4 is 10.6 Å². The van der Waals surface area contributed by atoms with Gasteiger partial charge < -0.3 is 10.6 Å². The lowest BCUT2D eigenvalue weighted by atomic mass is 10.2. The van der Waals surface area contributed by atoms with E-state index in [0.29, 0.717) is 17.1 Å². The second-order valence-corrected chi connectivity index (χ2v) is 6.97. The molecule has 0 saturated heterocycles. The Balaban J connectivity index is 1.77. The number of rotatable bonds is 4. The highest BCUT2D eigenvalue weighted by molar-refractivity contribution is 6.31. The molecule has 0 unspecified atom stereocenters. The maximum Gasteiger partial charge on any atom is 0.416 e. The topological polar surface area (TPSA) is 59.0 Å². The normalized spacial score (nSPS) is 11.4. The minimum atomic E-state index is -4.52. The number of benzene rings is 2. The highest BCUT2D eigenvalue weighted by atomic mass is 35.5. The number of anilines is 2. The van der Waals surface area contributed by atoms with Gasteiger partial charge >= 0.3 is 12.2 Å². The summed E-state index contributed by atoms with van der Waals surface area (Å²) in [6.07, 6.45) is -4.52. The fourth-order valence-electron chi connectivity index (χ4n) is 2.91. The minimum Gasteiger partial charge on any atom is -0.308 e. The first kappa shape index (κ1) is 21.6. The van der Waals surface area contributed by atoms with Crippen LogP contribution in [0.4, 0.5) is 33.7 Å². The van der Waals surface area contributed by atoms with E-state index in [-0.39, 0.29) is 22.8 Å². The summed E-state index contributed by atoms with van der Waals surface area (Å²) in [5.41, 5.74) is 0.729. The van der Waals surface area contributed by atoms with Gasteiger partial charge in [-0.1, -0.05) is 23.7 Å². The first-order valence-electron chi connectivity index (χ1n) is 8.78. The lowest BCUT2D eigenvalue weighted by molar-refractivity contribution is -0.137. The molecule has 158 valence electrons. The van der Waals surface area contributed by atoms with Crippen molar-refractivity contribution in [2.45, 2.75) is 26.6 Å². The fraction of sp³-hybridized carbons (Fsp3) is 0.200. The number of carbonyl (C=O) groups is 1. The smallest absolute Gasteiger partial charge is 0.308 e. The standard InChI is InChI=1S/C20H17ClF4N4O/c1-11-18(12(2)29(28-11)10-15-16(21)7-4-8-17(15)22)27-19(30)26-14-6-3-5-13(9-14)20(23,24)25/h3-9H,10H2,1-2H3,(H2,26,27,30). The maximum absolute atomic E-state index is 14.1. The van der Waals surface area contributed by atoms with E-state index in [1.165, 1.54) is 28.9 Å². The molecule has 0 saturated carbocycles. The van der Waals surface area contributed by atoms with Crippen molar-refractivity contribution in [2.24, 2.45) is 0 Å². The Labute approximate surface area is 174 Å². The summed E-state index contributed by atoms with van der Waals surface area (Å²) in [6.45, 7) is 3.37. The van der Waals surface area contributed by atoms with Gasteiger partial charge in [0.25, 0.3) is 0 Å². The van der Waals surface area contributed by atoms with Crippen LogP contribution in [0.25, 0.3) is 0 Å². The first-order valence-corrected chi connectivity index (χ1v) is 9.16. The van der Waals surface area contributed by atoms with Crippen molar-refractivity contribution in [3.8, 4) is 0 Å². The van der Waals surface area contributed by atoms with Crippen molar-refractivity contribution in [1.29, 1.82) is 0 Å². The predicted molar refractivity (Wildman–Crippen MR) is 106 cm³/mol. The third-order valence-electron chi connectivity index (χ3n) is 4.44. The molecular weight excluding hydrogens is 424 g/mol. The molecule has 2 amide bonds. The van der Waals surface area contributed by atoms with E-state index in [1.54, 1.807) is 19.9 Å². The zero-order valence-electron chi connectivity index (χ0n) is 15.9. The number of aromatic nitrogens is 2. The number of nitrogens with one attached hydrogen (secondary N) is 2. The van der Waals surface area contributed by atoms with Gasteiger partial charge in [0, 0.05) is 16.3 Å². The van der Waals surface area contributed by atoms with Gasteiger partial charge in [-0.3, -0.25) is 4.68 Å². The van der Waals surface area contributed by atoms with Gasteiger partial charge in [0.15, 0.2) is 0 Å². The minimum absolute atomic E-state index is 0.0110. The number of hydrogen-bond acceptors (Lipinski definition) is 2. The third kappa shape index (κ3) is 4.73. The quantitative estimate of drug-likeness (QED) is 0.488. The summed E-state index contributed by atoms with van der Waals surface area (Å²) >= 11 is 6.06. The van der Waals surface area contributed by atoms with Crippen molar-refractivity contribution < 1.29 is 22.4 Å². The molecule has 0 bridgehead atoms. The molecule has 0 spiro atoms. The molecule has 3 aromatic rings. The summed E-state index contributed by atoms with van der Waals surface area (Å²) in [4.78, 5) is 12.3. The Morgan fingerprint density at radius 3 is 2.50 bits per heavy atom. The van der Waals surface area contributed by atoms with E-state index in [1.807, 2.05) is 0 Å². The van der Waals surface area contributed by atoms with Gasteiger partial charge in [0.1, 0.15) is 5.82 Å². The number of hydrogen-bond donors (Lipinski definition) is 2. The monoisotopic (exact) mass is 440 g/mol. The Morgan fingerprint density at radius 2 is 1.83 bits per heavy atom. The zero-order chi connectivity index (χ0) is 22.1. The summed E-state index contributed by atoms with van der Waals surface area (Å²) < 4.78 is 54.0. The van der Waals surface area contributed by atoms with Gasteiger partial charge in [0.2, 0.25) is 0 Å². The van der Waals surface area contributed by atoms with Crippen molar-refractivity contribution in [3.63, 3.8) is 0 Å². The van der Waals surface area contributed by atoms with Crippen LogP contribution in [0.2, 0.25) is 5.02 Å². The molecule has 0 fully saturated rings. The summed E-state index contributed by atoms with van der Waals surface area (Å²) in [5.74, 6) is -0.480. The summed E-state index contributed by atoms with van der Waals surface area (Å²) in [5, 5.41) is 9.49. The second kappa shape index (κ2) is 8.35. The van der Waals surface area contributed by atoms with Crippen molar-refractivity contribution in [2.75, 3.05) is 10.6 Å². The molecule has 0 aliphatic heterocycles. The van der Waals surface area contributed by atoms with Crippen LogP contribution in [-0.4, -0.2) is 15.8 Å². The number of nitrogens with zero attached hydrogens (tertiary/aromatic N) is 2. The average molecular weight is 441 g/mol. The van der Waals surface area contributed by atoms with Crippen LogP contribution in [0.3, 0.4) is 0 Å². The number of carbonyl (C=O) groups excluding carboxylic acids is 1. The maximum atomic E-state index is 14.1. The molecule has 1 aromatic heterocycles. The van der Waals surface area contributed by atoms with Crippen LogP contribution in [0.15, 0.2) is 42.5 Å². The van der Waals surface area contributed by atoms with Crippen LogP contribution in [0.5, 0.6) is 0 Å². The molecule has 3 rings (SSSR count). The Kier molecular flexibility index (Phi) is 6.02. The van der Waals surface area contributed by atoms with E-state index in [2.05, 4.69) is 15.7 Å². The molecule has 0 aliphatic carbocycles. The van der Waals surface area contributed by atoms with Crippen molar-refractivity contribution in [3.05, 3.63) is 75.8 Å². The predicted octanol–water partition coefficient (Wildman–Crippen LogP) is 6.00. The van der Waals surface area contributed by atoms with E-state index < -0.39 is 23.6 Å². The van der Waals surface area contributed by atoms with Gasteiger partial charge in [-0.15, -0.1) is 0 Å². The summed E-state index contributed by atoms with van der Waals surface area (Å²) in [6, 6.07) is 7.90. The van der Waals surface area contributed by atoms with Crippen molar-refractivity contribution in [1.82, 2.24) is 9.78 Å². The fourth-order valence-corrected chi connectivity index (χ4v) is 3.14. The van der Waals surface area contributed by atoms with Crippen LogP contribution in [0, 0.1) is 19.7 Å². The number of amides is 2. The highest BCUT2D eigenvalue weighted by Crippen LogP contribution is 2.31. The van der Waals surface area contributed by atoms with Gasteiger partial charge in [0.05, 0.1) is 29.2 Å². The molecule has 0 radical (unpaired) electrons. The zero-order valence-corrected chi connectivity index (χ0v) is 16.7. The summed E-state index contributed by atoms with van der Waals surface area (Å²) in [7, 11) is 0. The molecule has 5 nitrogen and oxygen atoms in total. The van der Waals surface area contributed by atoms with Crippen molar-refractivity contribution >= 4 is 29.0 Å². The first-order chi connectivity index (χ1) is 14.1. The van der Waals surface area contributed by atoms with Crippen LogP contribution >= 0.6 is 11.6 Å². The van der Waals surface area contributed by atoms with Gasteiger partial charge in [-0.05, 0) is 44.2 Å². The third-order valence-corrected chi connectivity index (χ3v) is 4.79. The molecule has 2 aromatic carbocycles.